The fourth-order valence-electron chi connectivity index (χ4n) is 14.1. The first-order valence-electron chi connectivity index (χ1n) is 25.8. The van der Waals surface area contributed by atoms with Gasteiger partial charge >= 0.3 is 6.85 Å². The minimum atomic E-state index is -0.308. The predicted octanol–water partition coefficient (Wildman–Crippen LogP) is 15.4. The molecule has 0 saturated heterocycles. The summed E-state index contributed by atoms with van der Waals surface area (Å²) < 4.78 is 11.9. The minimum Gasteiger partial charge on any atom is -0.456 e. The zero-order valence-corrected chi connectivity index (χ0v) is 42.5. The summed E-state index contributed by atoms with van der Waals surface area (Å²) in [6.07, 6.45) is 2.31. The van der Waals surface area contributed by atoms with Crippen molar-refractivity contribution in [1.82, 2.24) is 14.1 Å². The average Bonchev–Trinajstić information content (AvgIpc) is 4.07. The van der Waals surface area contributed by atoms with Gasteiger partial charge in [0.25, 0.3) is 0 Å². The predicted molar refractivity (Wildman–Crippen MR) is 298 cm³/mol. The molecule has 0 unspecified atom stereocenters. The molecule has 4 aliphatic rings. The van der Waals surface area contributed by atoms with Crippen LogP contribution in [0.5, 0.6) is 0 Å². The largest absolute Gasteiger partial charge is 0.456 e. The number of furan rings is 1. The summed E-state index contributed by atoms with van der Waals surface area (Å²) in [5, 5.41) is 5.01. The van der Waals surface area contributed by atoms with Crippen LogP contribution >= 0.6 is 0 Å². The van der Waals surface area contributed by atoms with Gasteiger partial charge in [0.05, 0.1) is 22.1 Å². The van der Waals surface area contributed by atoms with Gasteiger partial charge in [-0.05, 0) is 133 Å². The highest BCUT2D eigenvalue weighted by Gasteiger charge is 2.51. The molecule has 6 heteroatoms. The fraction of sp³-hybridized carbons (Fsp3) is 0.246. The first kappa shape index (κ1) is 41.5. The standard InChI is InChI=1S/C65H57BN4O/c1-62(2,3)37-24-26-38(27-25-37)70-50-35-54-41(39-20-15-17-23-53(39)71-54)30-42(50)57-58-55(40-21-14-16-22-44(40)65(58,8)9)56-43-31-45-46(64(6,7)29-28-63(45,4)5)32-49(43)69-51-34-52-48(33-47(51)66(70)59(57)60(56)69)67-61(68(52)10)36-18-12-11-13-19-36/h11-27,30-35H,28-29H2,1-10H3. The summed E-state index contributed by atoms with van der Waals surface area (Å²) >= 11 is 0. The average molecular weight is 921 g/mol. The first-order valence-corrected chi connectivity index (χ1v) is 25.8. The lowest BCUT2D eigenvalue weighted by molar-refractivity contribution is 0.332. The van der Waals surface area contributed by atoms with E-state index in [-0.39, 0.29) is 28.5 Å². The zero-order valence-electron chi connectivity index (χ0n) is 42.5. The van der Waals surface area contributed by atoms with Crippen LogP contribution in [-0.4, -0.2) is 21.0 Å². The third-order valence-corrected chi connectivity index (χ3v) is 17.9. The Balaban J connectivity index is 1.19. The Hall–Kier alpha value is -7.31. The molecular formula is C65H57BN4O. The maximum atomic E-state index is 6.85. The molecule has 3 aromatic heterocycles. The van der Waals surface area contributed by atoms with Crippen LogP contribution in [0.1, 0.15) is 103 Å². The molecule has 11 aromatic rings. The third-order valence-electron chi connectivity index (χ3n) is 17.9. The molecule has 0 spiro atoms. The third kappa shape index (κ3) is 5.25. The zero-order chi connectivity index (χ0) is 48.4. The summed E-state index contributed by atoms with van der Waals surface area (Å²) in [7, 11) is 2.19. The van der Waals surface area contributed by atoms with E-state index in [4.69, 9.17) is 9.40 Å². The second-order valence-electron chi connectivity index (χ2n) is 24.2. The Labute approximate surface area is 415 Å². The van der Waals surface area contributed by atoms with E-state index >= 15 is 0 Å². The van der Waals surface area contributed by atoms with E-state index in [0.29, 0.717) is 0 Å². The molecule has 71 heavy (non-hydrogen) atoms. The topological polar surface area (TPSA) is 39.1 Å². The lowest BCUT2D eigenvalue weighted by Gasteiger charge is -2.43. The van der Waals surface area contributed by atoms with Crippen molar-refractivity contribution >= 4 is 83.9 Å². The lowest BCUT2D eigenvalue weighted by atomic mass is 9.43. The van der Waals surface area contributed by atoms with E-state index in [1.807, 2.05) is 0 Å². The Kier molecular flexibility index (Phi) is 7.80. The van der Waals surface area contributed by atoms with Crippen molar-refractivity contribution < 1.29 is 4.42 Å². The van der Waals surface area contributed by atoms with Gasteiger partial charge in [0.1, 0.15) is 17.0 Å². The first-order chi connectivity index (χ1) is 34.0. The SMILES string of the molecule is Cn1c(-c2ccccc2)nc2cc3c(cc21)-n1c2cc4c(cc2c2c5c(c6c(c21)B3N(c1ccc(C(C)(C)C)cc1)c1cc2oc3ccccc3c2cc1-6)C(C)(C)c1ccccc1-5)C(C)(C)CCC4(C)C. The highest BCUT2D eigenvalue weighted by Crippen LogP contribution is 2.60. The summed E-state index contributed by atoms with van der Waals surface area (Å²) in [4.78, 5) is 8.19. The van der Waals surface area contributed by atoms with Gasteiger partial charge in [0.2, 0.25) is 0 Å². The van der Waals surface area contributed by atoms with Crippen LogP contribution in [0.15, 0.2) is 144 Å². The number of nitrogens with zero attached hydrogens (tertiary/aromatic N) is 4. The van der Waals surface area contributed by atoms with Gasteiger partial charge in [-0.2, -0.15) is 0 Å². The molecule has 15 rings (SSSR count). The quantitative estimate of drug-likeness (QED) is 0.162. The Bertz CT molecular complexity index is 4190. The van der Waals surface area contributed by atoms with Gasteiger partial charge in [-0.25, -0.2) is 4.98 Å². The number of aromatic nitrogens is 3. The summed E-state index contributed by atoms with van der Waals surface area (Å²) in [6, 6.07) is 53.1. The molecule has 2 aliphatic carbocycles. The number of anilines is 2. The molecule has 0 bridgehead atoms. The molecule has 0 saturated carbocycles. The number of fused-ring (bicyclic) bond motifs is 18. The Morgan fingerprint density at radius 3 is 2.07 bits per heavy atom. The van der Waals surface area contributed by atoms with Crippen molar-refractivity contribution in [2.45, 2.75) is 96.8 Å². The molecule has 346 valence electrons. The molecule has 0 atom stereocenters. The molecule has 5 nitrogen and oxygen atoms in total. The van der Waals surface area contributed by atoms with Crippen LogP contribution in [0.3, 0.4) is 0 Å². The second kappa shape index (κ2) is 13.4. The van der Waals surface area contributed by atoms with Crippen LogP contribution in [0, 0.1) is 0 Å². The summed E-state index contributed by atoms with van der Waals surface area (Å²) in [5.74, 6) is 0.968. The van der Waals surface area contributed by atoms with E-state index in [0.717, 1.165) is 68.6 Å². The highest BCUT2D eigenvalue weighted by molar-refractivity contribution is 6.94. The molecule has 0 amide bonds. The van der Waals surface area contributed by atoms with Gasteiger partial charge in [0.15, 0.2) is 0 Å². The summed E-state index contributed by atoms with van der Waals surface area (Å²) in [5.41, 5.74) is 26.0. The second-order valence-corrected chi connectivity index (χ2v) is 24.2. The van der Waals surface area contributed by atoms with Crippen LogP contribution in [0.25, 0.3) is 94.1 Å². The smallest absolute Gasteiger partial charge is 0.333 e. The number of hydrogen-bond donors (Lipinski definition) is 0. The normalized spacial score (nSPS) is 16.8. The number of para-hydroxylation sites is 1. The molecule has 8 aromatic carbocycles. The molecule has 0 N–H and O–H groups in total. The van der Waals surface area contributed by atoms with E-state index < -0.39 is 0 Å². The van der Waals surface area contributed by atoms with Crippen LogP contribution in [-0.2, 0) is 28.7 Å². The number of benzene rings is 8. The van der Waals surface area contributed by atoms with Crippen LogP contribution in [0.2, 0.25) is 0 Å². The van der Waals surface area contributed by atoms with E-state index in [1.54, 1.807) is 0 Å². The van der Waals surface area contributed by atoms with Gasteiger partial charge in [-0.1, -0.05) is 147 Å². The number of rotatable bonds is 2. The highest BCUT2D eigenvalue weighted by atomic mass is 16.3. The van der Waals surface area contributed by atoms with E-state index in [9.17, 15) is 0 Å². The monoisotopic (exact) mass is 920 g/mol. The van der Waals surface area contributed by atoms with Crippen LogP contribution in [0.4, 0.5) is 11.4 Å². The van der Waals surface area contributed by atoms with Crippen molar-refractivity contribution in [1.29, 1.82) is 0 Å². The van der Waals surface area contributed by atoms with Gasteiger partial charge in [-0.15, -0.1) is 0 Å². The maximum absolute atomic E-state index is 6.85. The molecule has 5 heterocycles. The fourth-order valence-corrected chi connectivity index (χ4v) is 14.1. The molecule has 0 radical (unpaired) electrons. The lowest BCUT2D eigenvalue weighted by Crippen LogP contribution is -2.61. The van der Waals surface area contributed by atoms with Crippen molar-refractivity contribution in [3.63, 3.8) is 0 Å². The Morgan fingerprint density at radius 1 is 0.606 bits per heavy atom. The number of hydrogen-bond acceptors (Lipinski definition) is 3. The number of imidazole rings is 1. The maximum Gasteiger partial charge on any atom is 0.333 e. The summed E-state index contributed by atoms with van der Waals surface area (Å²) in [6.45, 7) is 21.6. The van der Waals surface area contributed by atoms with Crippen molar-refractivity contribution in [3.05, 3.63) is 167 Å². The molecule has 0 fully saturated rings. The molecule has 2 aliphatic heterocycles. The van der Waals surface area contributed by atoms with Gasteiger partial charge in [0, 0.05) is 68.3 Å². The van der Waals surface area contributed by atoms with Crippen molar-refractivity contribution in [2.75, 3.05) is 4.81 Å². The van der Waals surface area contributed by atoms with E-state index in [2.05, 4.69) is 223 Å². The van der Waals surface area contributed by atoms with Crippen molar-refractivity contribution in [3.8, 4) is 39.3 Å². The molecular weight excluding hydrogens is 864 g/mol. The van der Waals surface area contributed by atoms with Crippen LogP contribution < -0.4 is 15.7 Å². The Morgan fingerprint density at radius 2 is 1.31 bits per heavy atom. The van der Waals surface area contributed by atoms with E-state index in [1.165, 1.54) is 88.5 Å². The van der Waals surface area contributed by atoms with Gasteiger partial charge in [-0.3, -0.25) is 0 Å². The van der Waals surface area contributed by atoms with Crippen molar-refractivity contribution in [2.24, 2.45) is 7.05 Å². The minimum absolute atomic E-state index is 0.000395. The van der Waals surface area contributed by atoms with Gasteiger partial charge < -0.3 is 18.4 Å². The number of aryl methyl sites for hydroxylation is 1.